The van der Waals surface area contributed by atoms with Crippen LogP contribution in [0.3, 0.4) is 0 Å². The van der Waals surface area contributed by atoms with E-state index < -0.39 is 8.07 Å². The van der Waals surface area contributed by atoms with Gasteiger partial charge in [-0.2, -0.15) is 0 Å². The molecular formula is C30H51BrN4O3Si. The number of amides is 1. The Bertz CT molecular complexity index is 966. The highest BCUT2D eigenvalue weighted by Gasteiger charge is 2.58. The number of aromatic nitrogens is 2. The average molecular weight is 624 g/mol. The summed E-state index contributed by atoms with van der Waals surface area (Å²) in [5, 5.41) is 3.42. The highest BCUT2D eigenvalue weighted by atomic mass is 79.9. The molecule has 3 aliphatic rings. The van der Waals surface area contributed by atoms with Gasteiger partial charge >= 0.3 is 0 Å². The first-order valence-corrected chi connectivity index (χ1v) is 19.9. The first-order chi connectivity index (χ1) is 18.6. The minimum absolute atomic E-state index is 0.124. The molecule has 2 atom stereocenters. The summed E-state index contributed by atoms with van der Waals surface area (Å²) in [6, 6.07) is 0.966. The van der Waals surface area contributed by atoms with Crippen molar-refractivity contribution in [3.8, 4) is 0 Å². The molecular weight excluding hydrogens is 572 g/mol. The van der Waals surface area contributed by atoms with E-state index in [0.29, 0.717) is 24.9 Å². The first kappa shape index (κ1) is 30.9. The Morgan fingerprint density at radius 2 is 1.95 bits per heavy atom. The van der Waals surface area contributed by atoms with Gasteiger partial charge in [-0.25, -0.2) is 4.98 Å². The highest BCUT2D eigenvalue weighted by molar-refractivity contribution is 9.10. The second kappa shape index (κ2) is 13.8. The summed E-state index contributed by atoms with van der Waals surface area (Å²) in [5.74, 6) is 2.27. The van der Waals surface area contributed by atoms with Crippen molar-refractivity contribution in [2.75, 3.05) is 26.2 Å². The van der Waals surface area contributed by atoms with Crippen LogP contribution < -0.4 is 5.32 Å². The molecule has 9 heteroatoms. The third kappa shape index (κ3) is 9.23. The molecule has 3 fully saturated rings. The van der Waals surface area contributed by atoms with E-state index in [0.717, 1.165) is 94.1 Å². The third-order valence-electron chi connectivity index (χ3n) is 9.15. The molecule has 1 aromatic heterocycles. The number of ether oxygens (including phenoxy) is 1. The molecule has 0 radical (unpaired) electrons. The lowest BCUT2D eigenvalue weighted by Crippen LogP contribution is -2.38. The van der Waals surface area contributed by atoms with Crippen molar-refractivity contribution >= 4 is 35.7 Å². The fraction of sp³-hybridized carbons (Fsp3) is 0.833. The summed E-state index contributed by atoms with van der Waals surface area (Å²) in [6.45, 7) is 13.8. The van der Waals surface area contributed by atoms with E-state index in [1.165, 1.54) is 12.8 Å². The summed E-state index contributed by atoms with van der Waals surface area (Å²) in [4.78, 5) is 32.9. The summed E-state index contributed by atoms with van der Waals surface area (Å²) in [7, 11) is -1.17. The molecule has 4 rings (SSSR count). The number of nitrogens with one attached hydrogen (secondary N) is 1. The van der Waals surface area contributed by atoms with E-state index in [1.807, 2.05) is 6.20 Å². The highest BCUT2D eigenvalue weighted by Crippen LogP contribution is 2.59. The minimum atomic E-state index is -1.17. The maximum atomic E-state index is 13.5. The normalized spacial score (nSPS) is 21.7. The molecule has 1 spiro atoms. The zero-order valence-corrected chi connectivity index (χ0v) is 27.4. The molecule has 2 aliphatic carbocycles. The Balaban J connectivity index is 1.34. The second-order valence-corrected chi connectivity index (χ2v) is 20.0. The topological polar surface area (TPSA) is 76.5 Å². The molecule has 0 unspecified atom stereocenters. The maximum Gasteiger partial charge on any atom is 0.224 e. The van der Waals surface area contributed by atoms with E-state index in [-0.39, 0.29) is 23.3 Å². The Kier molecular flexibility index (Phi) is 10.9. The monoisotopic (exact) mass is 622 g/mol. The number of hydrogen-bond acceptors (Lipinski definition) is 5. The van der Waals surface area contributed by atoms with Gasteiger partial charge in [0.2, 0.25) is 5.91 Å². The van der Waals surface area contributed by atoms with Crippen molar-refractivity contribution in [2.45, 2.75) is 116 Å². The minimum Gasteiger partial charge on any atom is -0.361 e. The SMILES string of the molecule is CCN1CCC2(CC1)C[C@@H]2C(=O)N[C@@H](CCCCCC(=O)CC1CC1)c1ncc(Br)n1COCC[Si](C)(C)C. The van der Waals surface area contributed by atoms with Gasteiger partial charge in [-0.1, -0.05) is 39.4 Å². The van der Waals surface area contributed by atoms with Gasteiger partial charge in [-0.3, -0.25) is 14.2 Å². The average Bonchev–Trinajstić information content (AvgIpc) is 3.80. The van der Waals surface area contributed by atoms with E-state index in [1.54, 1.807) is 0 Å². The van der Waals surface area contributed by atoms with Gasteiger partial charge in [0.1, 0.15) is 22.9 Å². The summed E-state index contributed by atoms with van der Waals surface area (Å²) < 4.78 is 9.03. The van der Waals surface area contributed by atoms with Crippen LogP contribution in [-0.2, 0) is 21.1 Å². The lowest BCUT2D eigenvalue weighted by atomic mass is 9.90. The third-order valence-corrected chi connectivity index (χ3v) is 11.5. The van der Waals surface area contributed by atoms with Crippen LogP contribution in [0.4, 0.5) is 0 Å². The zero-order chi connectivity index (χ0) is 28.0. The summed E-state index contributed by atoms with van der Waals surface area (Å²) in [6.07, 6.45) is 12.8. The Morgan fingerprint density at radius 3 is 2.62 bits per heavy atom. The lowest BCUT2D eigenvalue weighted by molar-refractivity contribution is -0.124. The number of carbonyl (C=O) groups is 2. The van der Waals surface area contributed by atoms with Crippen molar-refractivity contribution < 1.29 is 14.3 Å². The van der Waals surface area contributed by atoms with Gasteiger partial charge in [-0.05, 0) is 97.9 Å². The fourth-order valence-electron chi connectivity index (χ4n) is 6.03. The first-order valence-electron chi connectivity index (χ1n) is 15.4. The van der Waals surface area contributed by atoms with E-state index in [2.05, 4.69) is 57.3 Å². The van der Waals surface area contributed by atoms with Crippen molar-refractivity contribution in [3.05, 3.63) is 16.6 Å². The number of hydrogen-bond donors (Lipinski definition) is 1. The van der Waals surface area contributed by atoms with Gasteiger partial charge < -0.3 is 15.0 Å². The number of imidazole rings is 1. The molecule has 1 aliphatic heterocycles. The van der Waals surface area contributed by atoms with Crippen molar-refractivity contribution in [1.29, 1.82) is 0 Å². The van der Waals surface area contributed by atoms with Crippen LogP contribution in [0.5, 0.6) is 0 Å². The smallest absolute Gasteiger partial charge is 0.224 e. The van der Waals surface area contributed by atoms with E-state index in [4.69, 9.17) is 9.72 Å². The number of piperidine rings is 1. The maximum absolute atomic E-state index is 13.5. The molecule has 1 amide bonds. The summed E-state index contributed by atoms with van der Waals surface area (Å²) in [5.41, 5.74) is 0.207. The van der Waals surface area contributed by atoms with Crippen molar-refractivity contribution in [2.24, 2.45) is 17.3 Å². The van der Waals surface area contributed by atoms with Gasteiger partial charge in [0.05, 0.1) is 12.2 Å². The standard InChI is InChI=1S/C30H51BrN4O3Si/c1-5-34-15-13-30(14-16-34)20-25(30)29(37)33-26(10-8-6-7-9-24(36)19-23-11-12-23)28-32-21-27(31)35(28)22-38-17-18-39(2,3)4/h21,23,25-26H,5-20,22H2,1-4H3,(H,33,37)/t25-,26+/m1/s1. The number of rotatable bonds is 17. The van der Waals surface area contributed by atoms with Crippen LogP contribution >= 0.6 is 15.9 Å². The molecule has 7 nitrogen and oxygen atoms in total. The van der Waals surface area contributed by atoms with Crippen LogP contribution in [-0.4, -0.2) is 60.5 Å². The van der Waals surface area contributed by atoms with E-state index >= 15 is 0 Å². The van der Waals surface area contributed by atoms with Gasteiger partial charge in [-0.15, -0.1) is 0 Å². The summed E-state index contributed by atoms with van der Waals surface area (Å²) >= 11 is 3.66. The number of halogens is 1. The molecule has 0 bridgehead atoms. The zero-order valence-electron chi connectivity index (χ0n) is 24.8. The second-order valence-electron chi connectivity index (χ2n) is 13.6. The number of ketones is 1. The lowest BCUT2D eigenvalue weighted by Gasteiger charge is -2.32. The number of Topliss-reactive ketones (excluding diaryl/α,β-unsaturated/α-hetero) is 1. The molecule has 1 aromatic rings. The molecule has 2 saturated carbocycles. The number of likely N-dealkylation sites (tertiary alicyclic amines) is 1. The van der Waals surface area contributed by atoms with Crippen LogP contribution in [0.25, 0.3) is 0 Å². The van der Waals surface area contributed by atoms with Crippen LogP contribution in [0.1, 0.15) is 89.4 Å². The van der Waals surface area contributed by atoms with E-state index in [9.17, 15) is 9.59 Å². The number of nitrogens with zero attached hydrogens (tertiary/aromatic N) is 3. The molecule has 39 heavy (non-hydrogen) atoms. The molecule has 1 saturated heterocycles. The van der Waals surface area contributed by atoms with Gasteiger partial charge in [0.15, 0.2) is 0 Å². The Morgan fingerprint density at radius 1 is 1.21 bits per heavy atom. The van der Waals surface area contributed by atoms with Crippen molar-refractivity contribution in [3.63, 3.8) is 0 Å². The van der Waals surface area contributed by atoms with Crippen molar-refractivity contribution in [1.82, 2.24) is 19.8 Å². The Hall–Kier alpha value is -1.03. The Labute approximate surface area is 245 Å². The largest absolute Gasteiger partial charge is 0.361 e. The van der Waals surface area contributed by atoms with Crippen LogP contribution in [0.15, 0.2) is 10.8 Å². The van der Waals surface area contributed by atoms with Crippen LogP contribution in [0, 0.1) is 17.3 Å². The molecule has 1 N–H and O–H groups in total. The number of unbranched alkanes of at least 4 members (excludes halogenated alkanes) is 2. The molecule has 220 valence electrons. The van der Waals surface area contributed by atoms with Gasteiger partial charge in [0, 0.05) is 33.4 Å². The van der Waals surface area contributed by atoms with Gasteiger partial charge in [0.25, 0.3) is 0 Å². The molecule has 2 heterocycles. The fourth-order valence-corrected chi connectivity index (χ4v) is 7.17. The predicted molar refractivity (Wildman–Crippen MR) is 162 cm³/mol. The number of carbonyl (C=O) groups excluding carboxylic acids is 2. The van der Waals surface area contributed by atoms with Crippen LogP contribution in [0.2, 0.25) is 25.7 Å². The predicted octanol–water partition coefficient (Wildman–Crippen LogP) is 6.56. The molecule has 0 aromatic carbocycles. The quantitative estimate of drug-likeness (QED) is 0.157.